The molecule has 6 heteroatoms. The van der Waals surface area contributed by atoms with Crippen molar-refractivity contribution in [3.63, 3.8) is 0 Å². The molecule has 0 radical (unpaired) electrons. The second-order valence-corrected chi connectivity index (χ2v) is 5.16. The van der Waals surface area contributed by atoms with Crippen LogP contribution in [0, 0.1) is 17.1 Å². The third-order valence-corrected chi connectivity index (χ3v) is 3.42. The fourth-order valence-electron chi connectivity index (χ4n) is 2.20. The molecule has 1 heterocycles. The van der Waals surface area contributed by atoms with Crippen molar-refractivity contribution in [1.82, 2.24) is 9.78 Å². The van der Waals surface area contributed by atoms with E-state index < -0.39 is 11.7 Å². The molecule has 0 saturated heterocycles. The number of nitrogens with one attached hydrogen (secondary N) is 1. The Balaban J connectivity index is 1.81. The lowest BCUT2D eigenvalue weighted by molar-refractivity contribution is -0.112. The Hall–Kier alpha value is -3.72. The molecule has 0 saturated carbocycles. The molecule has 0 atom stereocenters. The van der Waals surface area contributed by atoms with Crippen LogP contribution in [0.15, 0.2) is 72.6 Å². The molecule has 0 aliphatic carbocycles. The lowest BCUT2D eigenvalue weighted by Gasteiger charge is -2.04. The first-order chi connectivity index (χ1) is 12.2. The number of carbonyl (C=O) groups is 1. The quantitative estimate of drug-likeness (QED) is 0.586. The van der Waals surface area contributed by atoms with E-state index >= 15 is 0 Å². The number of amides is 1. The molecule has 3 aromatic rings. The molecule has 0 bridgehead atoms. The number of halogens is 1. The van der Waals surface area contributed by atoms with Crippen LogP contribution in [0.3, 0.4) is 0 Å². The van der Waals surface area contributed by atoms with Crippen LogP contribution in [0.25, 0.3) is 11.8 Å². The van der Waals surface area contributed by atoms with Crippen molar-refractivity contribution in [2.75, 3.05) is 5.32 Å². The summed E-state index contributed by atoms with van der Waals surface area (Å²) in [5.41, 5.74) is 1.32. The van der Waals surface area contributed by atoms with Crippen LogP contribution in [0.5, 0.6) is 0 Å². The van der Waals surface area contributed by atoms with E-state index in [1.165, 1.54) is 24.3 Å². The number of para-hydroxylation sites is 2. The second-order valence-electron chi connectivity index (χ2n) is 5.16. The lowest BCUT2D eigenvalue weighted by atomic mass is 10.2. The van der Waals surface area contributed by atoms with Crippen LogP contribution >= 0.6 is 0 Å². The molecule has 0 fully saturated rings. The first-order valence-electron chi connectivity index (χ1n) is 7.45. The van der Waals surface area contributed by atoms with Gasteiger partial charge in [-0.2, -0.15) is 10.4 Å². The van der Waals surface area contributed by atoms with Crippen molar-refractivity contribution in [2.24, 2.45) is 0 Å². The summed E-state index contributed by atoms with van der Waals surface area (Å²) < 4.78 is 15.2. The van der Waals surface area contributed by atoms with Gasteiger partial charge in [0.25, 0.3) is 5.91 Å². The van der Waals surface area contributed by atoms with Crippen LogP contribution in [-0.4, -0.2) is 15.7 Å². The fraction of sp³-hybridized carbons (Fsp3) is 0. The summed E-state index contributed by atoms with van der Waals surface area (Å²) in [5, 5.41) is 15.8. The number of hydrogen-bond acceptors (Lipinski definition) is 3. The van der Waals surface area contributed by atoms with E-state index in [1.54, 1.807) is 23.1 Å². The Kier molecular flexibility index (Phi) is 4.67. The normalized spacial score (nSPS) is 11.0. The highest BCUT2D eigenvalue weighted by Crippen LogP contribution is 2.15. The zero-order valence-corrected chi connectivity index (χ0v) is 13.1. The minimum Gasteiger partial charge on any atom is -0.319 e. The molecule has 0 unspecified atom stereocenters. The number of nitriles is 1. The van der Waals surface area contributed by atoms with Gasteiger partial charge in [0.05, 0.1) is 17.6 Å². The van der Waals surface area contributed by atoms with Gasteiger partial charge in [0, 0.05) is 11.8 Å². The fourth-order valence-corrected chi connectivity index (χ4v) is 2.20. The van der Waals surface area contributed by atoms with Gasteiger partial charge in [-0.05, 0) is 30.3 Å². The smallest absolute Gasteiger partial charge is 0.266 e. The lowest BCUT2D eigenvalue weighted by Crippen LogP contribution is -2.14. The number of rotatable bonds is 4. The van der Waals surface area contributed by atoms with Crippen LogP contribution < -0.4 is 5.32 Å². The minimum atomic E-state index is -0.680. The molecule has 0 aliphatic heterocycles. The van der Waals surface area contributed by atoms with E-state index in [0.717, 1.165) is 5.69 Å². The molecule has 0 spiro atoms. The van der Waals surface area contributed by atoms with Gasteiger partial charge < -0.3 is 5.32 Å². The zero-order chi connectivity index (χ0) is 17.6. The van der Waals surface area contributed by atoms with Gasteiger partial charge >= 0.3 is 0 Å². The van der Waals surface area contributed by atoms with E-state index in [-0.39, 0.29) is 11.3 Å². The standard InChI is InChI=1S/C19H13FN4O/c20-17-8-4-5-9-18(17)23-19(25)15(11-21)10-14-12-22-24(13-14)16-6-2-1-3-7-16/h1-10,12-13H,(H,23,25)/b15-10+. The molecular formula is C19H13FN4O. The highest BCUT2D eigenvalue weighted by Gasteiger charge is 2.12. The molecule has 1 N–H and O–H groups in total. The topological polar surface area (TPSA) is 70.7 Å². The van der Waals surface area contributed by atoms with Crippen LogP contribution in [0.2, 0.25) is 0 Å². The van der Waals surface area contributed by atoms with Gasteiger partial charge in [0.1, 0.15) is 17.5 Å². The second kappa shape index (κ2) is 7.23. The maximum absolute atomic E-state index is 13.6. The van der Waals surface area contributed by atoms with Crippen molar-refractivity contribution >= 4 is 17.7 Å². The number of benzene rings is 2. The third-order valence-electron chi connectivity index (χ3n) is 3.42. The monoisotopic (exact) mass is 332 g/mol. The predicted octanol–water partition coefficient (Wildman–Crippen LogP) is 3.56. The Morgan fingerprint density at radius 3 is 2.60 bits per heavy atom. The van der Waals surface area contributed by atoms with E-state index in [2.05, 4.69) is 10.4 Å². The third kappa shape index (κ3) is 3.79. The van der Waals surface area contributed by atoms with Crippen LogP contribution in [0.4, 0.5) is 10.1 Å². The molecular weight excluding hydrogens is 319 g/mol. The number of aromatic nitrogens is 2. The highest BCUT2D eigenvalue weighted by atomic mass is 19.1. The summed E-state index contributed by atoms with van der Waals surface area (Å²) >= 11 is 0. The summed E-state index contributed by atoms with van der Waals surface area (Å²) in [5.74, 6) is -1.25. The highest BCUT2D eigenvalue weighted by molar-refractivity contribution is 6.09. The van der Waals surface area contributed by atoms with E-state index in [1.807, 2.05) is 36.4 Å². The molecule has 122 valence electrons. The van der Waals surface area contributed by atoms with Gasteiger partial charge in [-0.1, -0.05) is 30.3 Å². The molecule has 2 aromatic carbocycles. The van der Waals surface area contributed by atoms with E-state index in [9.17, 15) is 14.4 Å². The van der Waals surface area contributed by atoms with Gasteiger partial charge in [-0.3, -0.25) is 4.79 Å². The van der Waals surface area contributed by atoms with Crippen molar-refractivity contribution in [3.8, 4) is 11.8 Å². The van der Waals surface area contributed by atoms with E-state index in [4.69, 9.17) is 0 Å². The molecule has 25 heavy (non-hydrogen) atoms. The van der Waals surface area contributed by atoms with Crippen molar-refractivity contribution in [1.29, 1.82) is 5.26 Å². The first kappa shape index (κ1) is 16.1. The number of nitrogens with zero attached hydrogens (tertiary/aromatic N) is 3. The van der Waals surface area contributed by atoms with Gasteiger partial charge in [-0.25, -0.2) is 9.07 Å². The molecule has 5 nitrogen and oxygen atoms in total. The summed E-state index contributed by atoms with van der Waals surface area (Å²) in [7, 11) is 0. The molecule has 3 rings (SSSR count). The Morgan fingerprint density at radius 1 is 1.16 bits per heavy atom. The number of hydrogen-bond donors (Lipinski definition) is 1. The largest absolute Gasteiger partial charge is 0.319 e. The van der Waals surface area contributed by atoms with Crippen LogP contribution in [0.1, 0.15) is 5.56 Å². The number of anilines is 1. The average molecular weight is 332 g/mol. The Labute approximate surface area is 143 Å². The van der Waals surface area contributed by atoms with Gasteiger partial charge in [0.2, 0.25) is 0 Å². The molecule has 1 aromatic heterocycles. The SMILES string of the molecule is N#C/C(=C\c1cnn(-c2ccccc2)c1)C(=O)Nc1ccccc1F. The summed E-state index contributed by atoms with van der Waals surface area (Å²) in [6.45, 7) is 0. The Morgan fingerprint density at radius 2 is 1.88 bits per heavy atom. The van der Waals surface area contributed by atoms with Crippen LogP contribution in [-0.2, 0) is 4.79 Å². The molecule has 0 aliphatic rings. The predicted molar refractivity (Wildman–Crippen MR) is 92.2 cm³/mol. The first-order valence-corrected chi connectivity index (χ1v) is 7.45. The minimum absolute atomic E-state index is 0.0219. The summed E-state index contributed by atoms with van der Waals surface area (Å²) in [6, 6.07) is 17.0. The zero-order valence-electron chi connectivity index (χ0n) is 13.1. The Bertz CT molecular complexity index is 970. The average Bonchev–Trinajstić information content (AvgIpc) is 3.11. The maximum Gasteiger partial charge on any atom is 0.266 e. The van der Waals surface area contributed by atoms with E-state index in [0.29, 0.717) is 5.56 Å². The molecule has 1 amide bonds. The number of carbonyl (C=O) groups excluding carboxylic acids is 1. The van der Waals surface area contributed by atoms with Crippen molar-refractivity contribution < 1.29 is 9.18 Å². The summed E-state index contributed by atoms with van der Waals surface area (Å²) in [6.07, 6.45) is 4.65. The van der Waals surface area contributed by atoms with Crippen molar-refractivity contribution in [2.45, 2.75) is 0 Å². The van der Waals surface area contributed by atoms with Gasteiger partial charge in [-0.15, -0.1) is 0 Å². The maximum atomic E-state index is 13.6. The van der Waals surface area contributed by atoms with Crippen molar-refractivity contribution in [3.05, 3.63) is 83.9 Å². The van der Waals surface area contributed by atoms with Gasteiger partial charge in [0.15, 0.2) is 0 Å². The summed E-state index contributed by atoms with van der Waals surface area (Å²) in [4.78, 5) is 12.2.